The minimum Gasteiger partial charge on any atom is -0.490 e. The Labute approximate surface area is 108 Å². The molecule has 18 heavy (non-hydrogen) atoms. The van der Waals surface area contributed by atoms with Gasteiger partial charge >= 0.3 is 0 Å². The summed E-state index contributed by atoms with van der Waals surface area (Å²) in [6.07, 6.45) is 0.160. The Hall–Kier alpha value is -1.96. The van der Waals surface area contributed by atoms with Gasteiger partial charge in [0.2, 0.25) is 0 Å². The van der Waals surface area contributed by atoms with Crippen molar-refractivity contribution in [3.05, 3.63) is 48.0 Å². The number of benzene rings is 2. The standard InChI is InChI=1S/C16H19NO/c1-11(2)18-16-7-5-4-6-14(16)15-10-13(17)9-8-12(15)3/h4-11H,17H2,1-3H3. The highest BCUT2D eigenvalue weighted by Gasteiger charge is 2.09. The van der Waals surface area contributed by atoms with Gasteiger partial charge in [0.1, 0.15) is 5.75 Å². The van der Waals surface area contributed by atoms with E-state index in [-0.39, 0.29) is 6.10 Å². The molecule has 2 heteroatoms. The van der Waals surface area contributed by atoms with Crippen molar-refractivity contribution in [1.82, 2.24) is 0 Å². The molecule has 0 saturated carbocycles. The minimum atomic E-state index is 0.160. The predicted molar refractivity (Wildman–Crippen MR) is 76.8 cm³/mol. The van der Waals surface area contributed by atoms with E-state index in [0.29, 0.717) is 0 Å². The average Bonchev–Trinajstić information content (AvgIpc) is 2.32. The average molecular weight is 241 g/mol. The Bertz CT molecular complexity index is 547. The number of anilines is 1. The van der Waals surface area contributed by atoms with Gasteiger partial charge in [-0.25, -0.2) is 0 Å². The maximum absolute atomic E-state index is 5.88. The third kappa shape index (κ3) is 2.65. The molecular formula is C16H19NO. The first kappa shape index (κ1) is 12.5. The van der Waals surface area contributed by atoms with Crippen LogP contribution in [0, 0.1) is 6.92 Å². The molecule has 0 spiro atoms. The van der Waals surface area contributed by atoms with Crippen LogP contribution >= 0.6 is 0 Å². The molecule has 2 aromatic rings. The SMILES string of the molecule is Cc1ccc(N)cc1-c1ccccc1OC(C)C. The molecule has 0 unspecified atom stereocenters. The van der Waals surface area contributed by atoms with Gasteiger partial charge in [0.25, 0.3) is 0 Å². The van der Waals surface area contributed by atoms with E-state index in [1.807, 2.05) is 50.2 Å². The summed E-state index contributed by atoms with van der Waals surface area (Å²) < 4.78 is 5.85. The van der Waals surface area contributed by atoms with Crippen molar-refractivity contribution in [3.8, 4) is 16.9 Å². The Morgan fingerprint density at radius 2 is 1.72 bits per heavy atom. The fraction of sp³-hybridized carbons (Fsp3) is 0.250. The second-order valence-electron chi connectivity index (χ2n) is 4.74. The summed E-state index contributed by atoms with van der Waals surface area (Å²) in [6.45, 7) is 6.15. The highest BCUT2D eigenvalue weighted by Crippen LogP contribution is 2.33. The number of rotatable bonds is 3. The first-order chi connectivity index (χ1) is 8.58. The summed E-state index contributed by atoms with van der Waals surface area (Å²) in [4.78, 5) is 0. The van der Waals surface area contributed by atoms with Crippen LogP contribution in [0.15, 0.2) is 42.5 Å². The molecule has 2 nitrogen and oxygen atoms in total. The van der Waals surface area contributed by atoms with Crippen molar-refractivity contribution in [3.63, 3.8) is 0 Å². The Balaban J connectivity index is 2.53. The first-order valence-electron chi connectivity index (χ1n) is 6.20. The van der Waals surface area contributed by atoms with Crippen molar-refractivity contribution in [2.75, 3.05) is 5.73 Å². The van der Waals surface area contributed by atoms with Crippen LogP contribution in [0.2, 0.25) is 0 Å². The molecule has 0 heterocycles. The molecule has 0 aromatic heterocycles. The fourth-order valence-corrected chi connectivity index (χ4v) is 1.98. The van der Waals surface area contributed by atoms with E-state index in [9.17, 15) is 0 Å². The number of hydrogen-bond donors (Lipinski definition) is 1. The molecule has 0 atom stereocenters. The summed E-state index contributed by atoms with van der Waals surface area (Å²) in [6, 6.07) is 14.0. The number of para-hydroxylation sites is 1. The van der Waals surface area contributed by atoms with Gasteiger partial charge < -0.3 is 10.5 Å². The Morgan fingerprint density at radius 1 is 1.00 bits per heavy atom. The monoisotopic (exact) mass is 241 g/mol. The molecular weight excluding hydrogens is 222 g/mol. The smallest absolute Gasteiger partial charge is 0.127 e. The summed E-state index contributed by atoms with van der Waals surface area (Å²) in [7, 11) is 0. The maximum Gasteiger partial charge on any atom is 0.127 e. The maximum atomic E-state index is 5.88. The van der Waals surface area contributed by atoms with Crippen LogP contribution in [0.4, 0.5) is 5.69 Å². The van der Waals surface area contributed by atoms with Gasteiger partial charge in [-0.1, -0.05) is 24.3 Å². The molecule has 0 fully saturated rings. The first-order valence-corrected chi connectivity index (χ1v) is 6.20. The largest absolute Gasteiger partial charge is 0.490 e. The lowest BCUT2D eigenvalue weighted by molar-refractivity contribution is 0.243. The lowest BCUT2D eigenvalue weighted by Gasteiger charge is -2.16. The summed E-state index contributed by atoms with van der Waals surface area (Å²) >= 11 is 0. The normalized spacial score (nSPS) is 10.7. The van der Waals surface area contributed by atoms with E-state index < -0.39 is 0 Å². The van der Waals surface area contributed by atoms with Crippen LogP contribution < -0.4 is 10.5 Å². The van der Waals surface area contributed by atoms with E-state index in [4.69, 9.17) is 10.5 Å². The van der Waals surface area contributed by atoms with Crippen molar-refractivity contribution in [2.24, 2.45) is 0 Å². The van der Waals surface area contributed by atoms with Crippen molar-refractivity contribution in [2.45, 2.75) is 26.9 Å². The molecule has 0 radical (unpaired) electrons. The molecule has 0 amide bonds. The second kappa shape index (κ2) is 5.13. The van der Waals surface area contributed by atoms with Crippen LogP contribution in [0.5, 0.6) is 5.75 Å². The van der Waals surface area contributed by atoms with E-state index >= 15 is 0 Å². The van der Waals surface area contributed by atoms with E-state index in [0.717, 1.165) is 22.6 Å². The fourth-order valence-electron chi connectivity index (χ4n) is 1.98. The third-order valence-electron chi connectivity index (χ3n) is 2.80. The Morgan fingerprint density at radius 3 is 2.44 bits per heavy atom. The summed E-state index contributed by atoms with van der Waals surface area (Å²) in [5.74, 6) is 0.904. The molecule has 2 N–H and O–H groups in total. The van der Waals surface area contributed by atoms with Gasteiger partial charge in [-0.2, -0.15) is 0 Å². The molecule has 94 valence electrons. The van der Waals surface area contributed by atoms with Gasteiger partial charge in [-0.3, -0.25) is 0 Å². The second-order valence-corrected chi connectivity index (χ2v) is 4.74. The van der Waals surface area contributed by atoms with Crippen LogP contribution in [0.3, 0.4) is 0 Å². The molecule has 0 aliphatic heterocycles. The topological polar surface area (TPSA) is 35.2 Å². The quantitative estimate of drug-likeness (QED) is 0.823. The van der Waals surface area contributed by atoms with Gasteiger partial charge in [-0.15, -0.1) is 0 Å². The number of aryl methyl sites for hydroxylation is 1. The van der Waals surface area contributed by atoms with E-state index in [1.165, 1.54) is 5.56 Å². The molecule has 0 aliphatic rings. The molecule has 2 aromatic carbocycles. The van der Waals surface area contributed by atoms with Crippen LogP contribution in [0.25, 0.3) is 11.1 Å². The van der Waals surface area contributed by atoms with Gasteiger partial charge in [-0.05, 0) is 50.1 Å². The number of nitrogens with two attached hydrogens (primary N) is 1. The zero-order chi connectivity index (χ0) is 13.1. The van der Waals surface area contributed by atoms with Crippen LogP contribution in [-0.4, -0.2) is 6.10 Å². The summed E-state index contributed by atoms with van der Waals surface area (Å²) in [5, 5.41) is 0. The zero-order valence-electron chi connectivity index (χ0n) is 11.1. The van der Waals surface area contributed by atoms with Gasteiger partial charge in [0.05, 0.1) is 6.10 Å². The van der Waals surface area contributed by atoms with Gasteiger partial charge in [0.15, 0.2) is 0 Å². The van der Waals surface area contributed by atoms with Crippen molar-refractivity contribution >= 4 is 5.69 Å². The lowest BCUT2D eigenvalue weighted by Crippen LogP contribution is -2.06. The molecule has 0 aliphatic carbocycles. The number of nitrogen functional groups attached to an aromatic ring is 1. The van der Waals surface area contributed by atoms with Crippen LogP contribution in [-0.2, 0) is 0 Å². The van der Waals surface area contributed by atoms with Crippen molar-refractivity contribution < 1.29 is 4.74 Å². The highest BCUT2D eigenvalue weighted by molar-refractivity contribution is 5.75. The van der Waals surface area contributed by atoms with E-state index in [2.05, 4.69) is 13.0 Å². The summed E-state index contributed by atoms with van der Waals surface area (Å²) in [5.41, 5.74) is 10.1. The lowest BCUT2D eigenvalue weighted by atomic mass is 9.99. The molecule has 0 bridgehead atoms. The molecule has 2 rings (SSSR count). The predicted octanol–water partition coefficient (Wildman–Crippen LogP) is 4.03. The number of ether oxygens (including phenoxy) is 1. The van der Waals surface area contributed by atoms with Crippen LogP contribution in [0.1, 0.15) is 19.4 Å². The third-order valence-corrected chi connectivity index (χ3v) is 2.80. The minimum absolute atomic E-state index is 0.160. The van der Waals surface area contributed by atoms with Gasteiger partial charge in [0, 0.05) is 11.3 Å². The highest BCUT2D eigenvalue weighted by atomic mass is 16.5. The Kier molecular flexibility index (Phi) is 3.56. The zero-order valence-corrected chi connectivity index (χ0v) is 11.1. The molecule has 0 saturated heterocycles. The van der Waals surface area contributed by atoms with Crippen molar-refractivity contribution in [1.29, 1.82) is 0 Å². The number of hydrogen-bond acceptors (Lipinski definition) is 2. The van der Waals surface area contributed by atoms with E-state index in [1.54, 1.807) is 0 Å².